The third-order valence-corrected chi connectivity index (χ3v) is 7.43. The minimum Gasteiger partial charge on any atom is -0.375 e. The standard InChI is InChI=1S/C15H17ClN2O4S2/c1-22-7-14(19)17-15-18(6-10-2-4-11(16)5-3-10)12-8-24(20,21)9-13(12)23-15/h2-5,12-13H,6-9H2,1H3/t12-,13+/m1/s1. The maximum atomic E-state index is 11.9. The molecule has 24 heavy (non-hydrogen) atoms. The number of carbonyl (C=O) groups is 1. The molecule has 2 saturated heterocycles. The van der Waals surface area contributed by atoms with Crippen LogP contribution in [0.5, 0.6) is 0 Å². The van der Waals surface area contributed by atoms with Gasteiger partial charge in [-0.05, 0) is 17.7 Å². The number of fused-ring (bicyclic) bond motifs is 1. The number of sulfone groups is 1. The highest BCUT2D eigenvalue weighted by Crippen LogP contribution is 2.39. The van der Waals surface area contributed by atoms with Crippen molar-refractivity contribution >= 4 is 44.3 Å². The molecule has 1 aromatic rings. The Morgan fingerprint density at radius 3 is 2.75 bits per heavy atom. The van der Waals surface area contributed by atoms with E-state index in [0.717, 1.165) is 5.56 Å². The number of aliphatic imine (C=N–C) groups is 1. The number of carbonyl (C=O) groups excluding carboxylic acids is 1. The molecule has 9 heteroatoms. The number of hydrogen-bond donors (Lipinski definition) is 0. The van der Waals surface area contributed by atoms with Crippen molar-refractivity contribution < 1.29 is 17.9 Å². The number of amidine groups is 1. The van der Waals surface area contributed by atoms with Crippen LogP contribution in [0, 0.1) is 0 Å². The van der Waals surface area contributed by atoms with Crippen LogP contribution in [0.15, 0.2) is 29.3 Å². The van der Waals surface area contributed by atoms with Crippen molar-refractivity contribution in [2.24, 2.45) is 4.99 Å². The summed E-state index contributed by atoms with van der Waals surface area (Å²) in [6.07, 6.45) is 0. The fourth-order valence-electron chi connectivity index (χ4n) is 2.87. The summed E-state index contributed by atoms with van der Waals surface area (Å²) in [4.78, 5) is 17.8. The smallest absolute Gasteiger partial charge is 0.274 e. The fraction of sp³-hybridized carbons (Fsp3) is 0.467. The number of rotatable bonds is 4. The van der Waals surface area contributed by atoms with Crippen molar-refractivity contribution in [2.45, 2.75) is 17.8 Å². The number of nitrogens with zero attached hydrogens (tertiary/aromatic N) is 2. The van der Waals surface area contributed by atoms with E-state index in [1.807, 2.05) is 17.0 Å². The van der Waals surface area contributed by atoms with Crippen molar-refractivity contribution in [1.29, 1.82) is 0 Å². The average Bonchev–Trinajstić information content (AvgIpc) is 2.95. The third kappa shape index (κ3) is 3.93. The topological polar surface area (TPSA) is 76.0 Å². The van der Waals surface area contributed by atoms with Gasteiger partial charge in [0.25, 0.3) is 5.91 Å². The van der Waals surface area contributed by atoms with Crippen molar-refractivity contribution in [3.63, 3.8) is 0 Å². The molecule has 2 atom stereocenters. The molecule has 0 bridgehead atoms. The first kappa shape index (κ1) is 17.7. The van der Waals surface area contributed by atoms with Crippen LogP contribution in [0.3, 0.4) is 0 Å². The summed E-state index contributed by atoms with van der Waals surface area (Å²) in [5, 5.41) is 1.12. The Balaban J connectivity index is 1.86. The molecule has 2 aliphatic heterocycles. The third-order valence-electron chi connectivity index (χ3n) is 3.93. The lowest BCUT2D eigenvalue weighted by molar-refractivity contribution is -0.121. The second kappa shape index (κ2) is 7.03. The van der Waals surface area contributed by atoms with Gasteiger partial charge in [-0.25, -0.2) is 8.42 Å². The largest absolute Gasteiger partial charge is 0.375 e. The number of methoxy groups -OCH3 is 1. The first-order valence-electron chi connectivity index (χ1n) is 7.36. The van der Waals surface area contributed by atoms with Crippen LogP contribution in [0.25, 0.3) is 0 Å². The predicted molar refractivity (Wildman–Crippen MR) is 95.1 cm³/mol. The summed E-state index contributed by atoms with van der Waals surface area (Å²) >= 11 is 7.27. The van der Waals surface area contributed by atoms with Gasteiger partial charge in [0.05, 0.1) is 17.5 Å². The Labute approximate surface area is 150 Å². The molecule has 0 unspecified atom stereocenters. The van der Waals surface area contributed by atoms with Gasteiger partial charge in [0.2, 0.25) is 0 Å². The van der Waals surface area contributed by atoms with E-state index in [1.54, 1.807) is 12.1 Å². The summed E-state index contributed by atoms with van der Waals surface area (Å²) in [7, 11) is -1.61. The van der Waals surface area contributed by atoms with Gasteiger partial charge in [-0.2, -0.15) is 4.99 Å². The Kier molecular flexibility index (Phi) is 5.19. The minimum absolute atomic E-state index is 0.0867. The zero-order valence-corrected chi connectivity index (χ0v) is 15.4. The van der Waals surface area contributed by atoms with E-state index in [4.69, 9.17) is 16.3 Å². The van der Waals surface area contributed by atoms with E-state index in [0.29, 0.717) is 16.7 Å². The normalized spacial score (nSPS) is 26.8. The lowest BCUT2D eigenvalue weighted by Crippen LogP contribution is -2.37. The molecule has 0 aliphatic carbocycles. The SMILES string of the molecule is COCC(=O)N=C1S[C@H]2CS(=O)(=O)C[C@H]2N1Cc1ccc(Cl)cc1. The molecular weight excluding hydrogens is 372 g/mol. The monoisotopic (exact) mass is 388 g/mol. The molecule has 3 rings (SSSR count). The van der Waals surface area contributed by atoms with Gasteiger partial charge in [0, 0.05) is 23.9 Å². The molecule has 0 radical (unpaired) electrons. The number of thioether (sulfide) groups is 1. The van der Waals surface area contributed by atoms with E-state index < -0.39 is 9.84 Å². The molecule has 6 nitrogen and oxygen atoms in total. The summed E-state index contributed by atoms with van der Waals surface area (Å²) in [5.41, 5.74) is 0.983. The van der Waals surface area contributed by atoms with Crippen molar-refractivity contribution in [3.8, 4) is 0 Å². The molecule has 1 aromatic carbocycles. The van der Waals surface area contributed by atoms with Crippen LogP contribution in [-0.2, 0) is 25.9 Å². The summed E-state index contributed by atoms with van der Waals surface area (Å²) in [6, 6.07) is 7.19. The summed E-state index contributed by atoms with van der Waals surface area (Å²) in [5.74, 6) is -0.156. The van der Waals surface area contributed by atoms with Gasteiger partial charge in [-0.1, -0.05) is 35.5 Å². The highest BCUT2D eigenvalue weighted by molar-refractivity contribution is 8.15. The van der Waals surface area contributed by atoms with Crippen molar-refractivity contribution in [3.05, 3.63) is 34.9 Å². The zero-order valence-electron chi connectivity index (χ0n) is 13.0. The van der Waals surface area contributed by atoms with Crippen LogP contribution < -0.4 is 0 Å². The maximum absolute atomic E-state index is 11.9. The quantitative estimate of drug-likeness (QED) is 0.779. The summed E-state index contributed by atoms with van der Waals surface area (Å²) in [6.45, 7) is 0.395. The highest BCUT2D eigenvalue weighted by atomic mass is 35.5. The second-order valence-electron chi connectivity index (χ2n) is 5.78. The molecular formula is C15H17ClN2O4S2. The molecule has 0 saturated carbocycles. The second-order valence-corrected chi connectivity index (χ2v) is 9.57. The number of halogens is 1. The lowest BCUT2D eigenvalue weighted by Gasteiger charge is -2.24. The van der Waals surface area contributed by atoms with Gasteiger partial charge in [-0.3, -0.25) is 4.79 Å². The fourth-order valence-corrected chi connectivity index (χ4v) is 6.96. The molecule has 2 fully saturated rings. The highest BCUT2D eigenvalue weighted by Gasteiger charge is 2.48. The van der Waals surface area contributed by atoms with E-state index in [-0.39, 0.29) is 35.3 Å². The van der Waals surface area contributed by atoms with Crippen LogP contribution in [0.2, 0.25) is 5.02 Å². The van der Waals surface area contributed by atoms with Gasteiger partial charge in [-0.15, -0.1) is 0 Å². The zero-order chi connectivity index (χ0) is 17.3. The van der Waals surface area contributed by atoms with E-state index in [1.165, 1.54) is 18.9 Å². The summed E-state index contributed by atoms with van der Waals surface area (Å²) < 4.78 is 28.7. The van der Waals surface area contributed by atoms with Gasteiger partial charge < -0.3 is 9.64 Å². The van der Waals surface area contributed by atoms with Crippen LogP contribution in [-0.4, -0.2) is 60.9 Å². The van der Waals surface area contributed by atoms with Crippen LogP contribution in [0.4, 0.5) is 0 Å². The van der Waals surface area contributed by atoms with Crippen molar-refractivity contribution in [1.82, 2.24) is 4.90 Å². The Morgan fingerprint density at radius 1 is 1.38 bits per heavy atom. The molecule has 2 aliphatic rings. The maximum Gasteiger partial charge on any atom is 0.274 e. The number of amides is 1. The molecule has 0 aromatic heterocycles. The van der Waals surface area contributed by atoms with Crippen LogP contribution in [0.1, 0.15) is 5.56 Å². The Morgan fingerprint density at radius 2 is 2.08 bits per heavy atom. The number of benzene rings is 1. The van der Waals surface area contributed by atoms with E-state index in [2.05, 4.69) is 4.99 Å². The molecule has 2 heterocycles. The first-order chi connectivity index (χ1) is 11.4. The first-order valence-corrected chi connectivity index (χ1v) is 10.4. The van der Waals surface area contributed by atoms with Crippen molar-refractivity contribution in [2.75, 3.05) is 25.2 Å². The van der Waals surface area contributed by atoms with E-state index in [9.17, 15) is 13.2 Å². The molecule has 130 valence electrons. The lowest BCUT2D eigenvalue weighted by atomic mass is 10.1. The van der Waals surface area contributed by atoms with Gasteiger partial charge in [0.1, 0.15) is 6.61 Å². The molecule has 1 amide bonds. The Hall–Kier alpha value is -1.09. The van der Waals surface area contributed by atoms with E-state index >= 15 is 0 Å². The van der Waals surface area contributed by atoms with Crippen LogP contribution >= 0.6 is 23.4 Å². The minimum atomic E-state index is -3.05. The van der Waals surface area contributed by atoms with Gasteiger partial charge >= 0.3 is 0 Å². The predicted octanol–water partition coefficient (Wildman–Crippen LogP) is 1.58. The number of ether oxygens (including phenoxy) is 1. The Bertz CT molecular complexity index is 764. The average molecular weight is 389 g/mol. The molecule has 0 spiro atoms. The number of hydrogen-bond acceptors (Lipinski definition) is 5. The van der Waals surface area contributed by atoms with Gasteiger partial charge in [0.15, 0.2) is 15.0 Å². The molecule has 0 N–H and O–H groups in total.